The van der Waals surface area contributed by atoms with Crippen LogP contribution in [0.15, 0.2) is 53.6 Å². The van der Waals surface area contributed by atoms with Gasteiger partial charge in [-0.15, -0.1) is 0 Å². The molecule has 2 aromatic heterocycles. The minimum absolute atomic E-state index is 0.0533. The number of ether oxygens (including phenoxy) is 1. The Kier molecular flexibility index (Phi) is 4.01. The molecule has 0 saturated carbocycles. The van der Waals surface area contributed by atoms with E-state index in [9.17, 15) is 9.59 Å². The molecule has 6 nitrogen and oxygen atoms in total. The number of likely N-dealkylation sites (tertiary alicyclic amines) is 1. The summed E-state index contributed by atoms with van der Waals surface area (Å²) in [5.41, 5.74) is 1.36. The zero-order chi connectivity index (χ0) is 17.2. The quantitative estimate of drug-likeness (QED) is 0.771. The summed E-state index contributed by atoms with van der Waals surface area (Å²) >= 11 is 0. The van der Waals surface area contributed by atoms with Crippen LogP contribution in [0.25, 0.3) is 10.9 Å². The smallest absolute Gasteiger partial charge is 0.255 e. The maximum atomic E-state index is 12.5. The molecule has 0 aliphatic carbocycles. The molecule has 1 aliphatic heterocycles. The van der Waals surface area contributed by atoms with Crippen molar-refractivity contribution in [2.24, 2.45) is 0 Å². The lowest BCUT2D eigenvalue weighted by Crippen LogP contribution is -2.41. The second-order valence-electron chi connectivity index (χ2n) is 6.25. The summed E-state index contributed by atoms with van der Waals surface area (Å²) < 4.78 is 6.17. The van der Waals surface area contributed by atoms with E-state index in [0.717, 1.165) is 29.5 Å². The molecule has 6 heteroatoms. The van der Waals surface area contributed by atoms with Gasteiger partial charge in [-0.2, -0.15) is 0 Å². The molecule has 0 unspecified atom stereocenters. The van der Waals surface area contributed by atoms with Crippen LogP contribution in [0.3, 0.4) is 0 Å². The van der Waals surface area contributed by atoms with Gasteiger partial charge in [0, 0.05) is 55.3 Å². The number of nitrogens with zero attached hydrogens (tertiary/aromatic N) is 1. The predicted molar refractivity (Wildman–Crippen MR) is 94.9 cm³/mol. The van der Waals surface area contributed by atoms with E-state index in [0.29, 0.717) is 18.7 Å². The van der Waals surface area contributed by atoms with Crippen molar-refractivity contribution in [1.82, 2.24) is 14.9 Å². The van der Waals surface area contributed by atoms with E-state index in [2.05, 4.69) is 9.97 Å². The molecule has 0 atom stereocenters. The lowest BCUT2D eigenvalue weighted by Gasteiger charge is -2.32. The Hall–Kier alpha value is -3.02. The summed E-state index contributed by atoms with van der Waals surface area (Å²) in [6.45, 7) is 1.29. The molecule has 3 heterocycles. The number of benzene rings is 1. The second-order valence-corrected chi connectivity index (χ2v) is 6.25. The van der Waals surface area contributed by atoms with Crippen molar-refractivity contribution in [2.75, 3.05) is 13.1 Å². The van der Waals surface area contributed by atoms with E-state index in [4.69, 9.17) is 4.74 Å². The van der Waals surface area contributed by atoms with Crippen LogP contribution in [0.1, 0.15) is 23.2 Å². The van der Waals surface area contributed by atoms with E-state index in [1.807, 2.05) is 35.4 Å². The number of pyridine rings is 1. The van der Waals surface area contributed by atoms with Gasteiger partial charge in [0.05, 0.1) is 5.56 Å². The molecule has 1 fully saturated rings. The average molecular weight is 337 g/mol. The van der Waals surface area contributed by atoms with Crippen molar-refractivity contribution in [1.29, 1.82) is 0 Å². The lowest BCUT2D eigenvalue weighted by molar-refractivity contribution is 0.0597. The fourth-order valence-corrected chi connectivity index (χ4v) is 3.24. The van der Waals surface area contributed by atoms with Gasteiger partial charge in [0.1, 0.15) is 11.9 Å². The molecule has 0 radical (unpaired) electrons. The van der Waals surface area contributed by atoms with Crippen molar-refractivity contribution in [3.63, 3.8) is 0 Å². The van der Waals surface area contributed by atoms with Crippen LogP contribution in [0.4, 0.5) is 0 Å². The zero-order valence-corrected chi connectivity index (χ0v) is 13.7. The molecule has 25 heavy (non-hydrogen) atoms. The summed E-state index contributed by atoms with van der Waals surface area (Å²) in [4.78, 5) is 31.1. The summed E-state index contributed by atoms with van der Waals surface area (Å²) in [6, 6.07) is 10.9. The maximum Gasteiger partial charge on any atom is 0.255 e. The number of fused-ring (bicyclic) bond motifs is 1. The normalized spacial score (nSPS) is 15.4. The van der Waals surface area contributed by atoms with E-state index in [1.54, 1.807) is 6.07 Å². The van der Waals surface area contributed by atoms with Gasteiger partial charge in [0.15, 0.2) is 0 Å². The van der Waals surface area contributed by atoms with Crippen LogP contribution in [0.2, 0.25) is 0 Å². The van der Waals surface area contributed by atoms with Crippen molar-refractivity contribution in [3.05, 3.63) is 64.7 Å². The van der Waals surface area contributed by atoms with Crippen molar-refractivity contribution in [2.45, 2.75) is 18.9 Å². The van der Waals surface area contributed by atoms with Gasteiger partial charge in [-0.05, 0) is 24.3 Å². The van der Waals surface area contributed by atoms with Crippen molar-refractivity contribution < 1.29 is 9.53 Å². The standard InChI is InChI=1S/C19H19N3O3/c23-18-5-4-13(12-21-18)19(24)22-10-7-14(8-11-22)25-17-3-1-2-16-15(17)6-9-20-16/h1-6,9,12,14,20H,7-8,10-11H2,(H,21,23). The number of aromatic nitrogens is 2. The molecule has 2 N–H and O–H groups in total. The highest BCUT2D eigenvalue weighted by Crippen LogP contribution is 2.27. The number of amides is 1. The monoisotopic (exact) mass is 337 g/mol. The van der Waals surface area contributed by atoms with Crippen LogP contribution < -0.4 is 10.3 Å². The third-order valence-corrected chi connectivity index (χ3v) is 4.61. The van der Waals surface area contributed by atoms with E-state index in [-0.39, 0.29) is 17.6 Å². The molecule has 0 spiro atoms. The van der Waals surface area contributed by atoms with Crippen LogP contribution in [0.5, 0.6) is 5.75 Å². The topological polar surface area (TPSA) is 78.2 Å². The number of hydrogen-bond acceptors (Lipinski definition) is 3. The first kappa shape index (κ1) is 15.5. The Morgan fingerprint density at radius 2 is 1.92 bits per heavy atom. The highest BCUT2D eigenvalue weighted by atomic mass is 16.5. The highest BCUT2D eigenvalue weighted by molar-refractivity contribution is 5.93. The van der Waals surface area contributed by atoms with Crippen LogP contribution in [-0.2, 0) is 0 Å². The number of aromatic amines is 2. The Bertz CT molecular complexity index is 931. The van der Waals surface area contributed by atoms with E-state index in [1.165, 1.54) is 12.3 Å². The van der Waals surface area contributed by atoms with Crippen LogP contribution >= 0.6 is 0 Å². The molecule has 1 aliphatic rings. The average Bonchev–Trinajstić information content (AvgIpc) is 3.12. The number of piperidine rings is 1. The van der Waals surface area contributed by atoms with Gasteiger partial charge >= 0.3 is 0 Å². The van der Waals surface area contributed by atoms with Gasteiger partial charge in [0.25, 0.3) is 5.91 Å². The van der Waals surface area contributed by atoms with Crippen molar-refractivity contribution in [3.8, 4) is 5.75 Å². The Morgan fingerprint density at radius 1 is 1.08 bits per heavy atom. The molecule has 0 bridgehead atoms. The van der Waals surface area contributed by atoms with Crippen LogP contribution in [0, 0.1) is 0 Å². The van der Waals surface area contributed by atoms with Crippen molar-refractivity contribution >= 4 is 16.8 Å². The van der Waals surface area contributed by atoms with E-state index < -0.39 is 0 Å². The summed E-state index contributed by atoms with van der Waals surface area (Å²) in [7, 11) is 0. The molecular weight excluding hydrogens is 318 g/mol. The summed E-state index contributed by atoms with van der Waals surface area (Å²) in [6.07, 6.45) is 5.05. The third kappa shape index (κ3) is 3.15. The lowest BCUT2D eigenvalue weighted by atomic mass is 10.1. The molecule has 3 aromatic rings. The third-order valence-electron chi connectivity index (χ3n) is 4.61. The Labute approximate surface area is 144 Å². The number of rotatable bonds is 3. The SMILES string of the molecule is O=C(c1ccc(=O)[nH]c1)N1CCC(Oc2cccc3[nH]ccc23)CC1. The Morgan fingerprint density at radius 3 is 2.68 bits per heavy atom. The molecule has 4 rings (SSSR count). The number of hydrogen-bond donors (Lipinski definition) is 2. The second kappa shape index (κ2) is 6.47. The predicted octanol–water partition coefficient (Wildman–Crippen LogP) is 2.54. The Balaban J connectivity index is 1.40. The van der Waals surface area contributed by atoms with Gasteiger partial charge < -0.3 is 19.6 Å². The number of carbonyl (C=O) groups excluding carboxylic acids is 1. The summed E-state index contributed by atoms with van der Waals surface area (Å²) in [5.74, 6) is 0.826. The van der Waals surface area contributed by atoms with Gasteiger partial charge in [0.2, 0.25) is 5.56 Å². The number of nitrogens with one attached hydrogen (secondary N) is 2. The number of H-pyrrole nitrogens is 2. The van der Waals surface area contributed by atoms with Gasteiger partial charge in [-0.3, -0.25) is 9.59 Å². The fourth-order valence-electron chi connectivity index (χ4n) is 3.24. The maximum absolute atomic E-state index is 12.5. The van der Waals surface area contributed by atoms with Crippen LogP contribution in [-0.4, -0.2) is 40.0 Å². The summed E-state index contributed by atoms with van der Waals surface area (Å²) in [5, 5.41) is 1.08. The van der Waals surface area contributed by atoms with Gasteiger partial charge in [-0.25, -0.2) is 0 Å². The zero-order valence-electron chi connectivity index (χ0n) is 13.7. The molecule has 1 saturated heterocycles. The molecule has 1 amide bonds. The first-order chi connectivity index (χ1) is 12.2. The first-order valence-electron chi connectivity index (χ1n) is 8.41. The minimum atomic E-state index is -0.206. The fraction of sp³-hybridized carbons (Fsp3) is 0.263. The molecule has 128 valence electrons. The largest absolute Gasteiger partial charge is 0.490 e. The number of carbonyl (C=O) groups is 1. The highest BCUT2D eigenvalue weighted by Gasteiger charge is 2.25. The van der Waals surface area contributed by atoms with E-state index >= 15 is 0 Å². The van der Waals surface area contributed by atoms with Gasteiger partial charge in [-0.1, -0.05) is 6.07 Å². The minimum Gasteiger partial charge on any atom is -0.490 e. The first-order valence-corrected chi connectivity index (χ1v) is 8.41. The molecule has 1 aromatic carbocycles. The molecular formula is C19H19N3O3.